The van der Waals surface area contributed by atoms with Crippen molar-refractivity contribution in [3.8, 4) is 22.1 Å². The molecule has 1 saturated heterocycles. The van der Waals surface area contributed by atoms with Crippen molar-refractivity contribution in [2.75, 3.05) is 13.3 Å². The van der Waals surface area contributed by atoms with Crippen LogP contribution < -0.4 is 15.2 Å². The maximum atomic E-state index is 11.5. The van der Waals surface area contributed by atoms with Crippen LogP contribution in [0.1, 0.15) is 18.5 Å². The highest BCUT2D eigenvalue weighted by molar-refractivity contribution is 7.13. The summed E-state index contributed by atoms with van der Waals surface area (Å²) in [4.78, 5) is 18.3. The lowest BCUT2D eigenvalue weighted by atomic mass is 10.2. The minimum atomic E-state index is -0.242. The van der Waals surface area contributed by atoms with Crippen molar-refractivity contribution in [1.29, 1.82) is 0 Å². The first-order valence-electron chi connectivity index (χ1n) is 7.58. The molecule has 1 unspecified atom stereocenters. The molecule has 2 aromatic rings. The summed E-state index contributed by atoms with van der Waals surface area (Å²) in [7, 11) is 0. The van der Waals surface area contributed by atoms with Gasteiger partial charge < -0.3 is 15.2 Å². The van der Waals surface area contributed by atoms with Crippen LogP contribution in [0, 0.1) is 0 Å². The summed E-state index contributed by atoms with van der Waals surface area (Å²) in [6.07, 6.45) is 1.85. The molecule has 1 amide bonds. The van der Waals surface area contributed by atoms with E-state index in [1.54, 1.807) is 11.3 Å². The Balaban J connectivity index is 1.52. The zero-order valence-electron chi connectivity index (χ0n) is 12.5. The number of likely N-dealkylation sites (tertiary alicyclic amines) is 1. The van der Waals surface area contributed by atoms with Crippen LogP contribution >= 0.6 is 11.3 Å². The fourth-order valence-corrected chi connectivity index (χ4v) is 3.90. The Labute approximate surface area is 137 Å². The number of carbonyl (C=O) groups is 1. The smallest absolute Gasteiger partial charge is 0.234 e. The van der Waals surface area contributed by atoms with Crippen molar-refractivity contribution in [1.82, 2.24) is 9.88 Å². The van der Waals surface area contributed by atoms with Gasteiger partial charge >= 0.3 is 0 Å². The standard InChI is InChI=1S/C16H17N3O3S/c17-15(20)12-2-1-5-19(12)7-11-8-23-16(18-11)10-3-4-13-14(6-10)22-9-21-13/h3-4,6,8,12H,1-2,5,7,9H2,(H2,17,20). The number of hydrogen-bond donors (Lipinski definition) is 1. The van der Waals surface area contributed by atoms with Crippen LogP contribution in [-0.4, -0.2) is 35.2 Å². The van der Waals surface area contributed by atoms with E-state index in [0.29, 0.717) is 6.54 Å². The molecule has 0 bridgehead atoms. The predicted octanol–water partition coefficient (Wildman–Crippen LogP) is 1.99. The molecule has 0 saturated carbocycles. The minimum Gasteiger partial charge on any atom is -0.454 e. The van der Waals surface area contributed by atoms with Gasteiger partial charge in [-0.15, -0.1) is 11.3 Å². The van der Waals surface area contributed by atoms with Gasteiger partial charge in [0.1, 0.15) is 5.01 Å². The van der Waals surface area contributed by atoms with Gasteiger partial charge in [-0.25, -0.2) is 4.98 Å². The molecule has 0 aliphatic carbocycles. The van der Waals surface area contributed by atoms with Crippen molar-refractivity contribution in [2.45, 2.75) is 25.4 Å². The number of fused-ring (bicyclic) bond motifs is 1. The Morgan fingerprint density at radius 2 is 2.26 bits per heavy atom. The van der Waals surface area contributed by atoms with Crippen LogP contribution in [0.5, 0.6) is 11.5 Å². The first-order valence-corrected chi connectivity index (χ1v) is 8.46. The number of ether oxygens (including phenoxy) is 2. The first kappa shape index (κ1) is 14.5. The second-order valence-electron chi connectivity index (χ2n) is 5.74. The average Bonchev–Trinajstić information content (AvgIpc) is 3.26. The number of benzene rings is 1. The molecule has 7 heteroatoms. The molecule has 2 aliphatic rings. The van der Waals surface area contributed by atoms with Gasteiger partial charge in [0, 0.05) is 17.5 Å². The Bertz CT molecular complexity index is 746. The highest BCUT2D eigenvalue weighted by atomic mass is 32.1. The van der Waals surface area contributed by atoms with Crippen molar-refractivity contribution in [3.63, 3.8) is 0 Å². The summed E-state index contributed by atoms with van der Waals surface area (Å²) in [5, 5.41) is 2.98. The van der Waals surface area contributed by atoms with Gasteiger partial charge in [0.15, 0.2) is 11.5 Å². The molecule has 1 aromatic heterocycles. The van der Waals surface area contributed by atoms with Gasteiger partial charge in [0.25, 0.3) is 0 Å². The van der Waals surface area contributed by atoms with E-state index in [1.165, 1.54) is 0 Å². The lowest BCUT2D eigenvalue weighted by Gasteiger charge is -2.20. The average molecular weight is 331 g/mol. The molecule has 2 aliphatic heterocycles. The van der Waals surface area contributed by atoms with Crippen molar-refractivity contribution < 1.29 is 14.3 Å². The van der Waals surface area contributed by atoms with Gasteiger partial charge in [-0.05, 0) is 37.6 Å². The second kappa shape index (κ2) is 5.82. The normalized spacial score (nSPS) is 20.1. The molecule has 6 nitrogen and oxygen atoms in total. The number of carbonyl (C=O) groups excluding carboxylic acids is 1. The molecular formula is C16H17N3O3S. The number of nitrogens with two attached hydrogens (primary N) is 1. The lowest BCUT2D eigenvalue weighted by molar-refractivity contribution is -0.122. The topological polar surface area (TPSA) is 77.7 Å². The molecule has 2 N–H and O–H groups in total. The third kappa shape index (κ3) is 2.77. The summed E-state index contributed by atoms with van der Waals surface area (Å²) in [5.74, 6) is 1.29. The maximum absolute atomic E-state index is 11.5. The fraction of sp³-hybridized carbons (Fsp3) is 0.375. The monoisotopic (exact) mass is 331 g/mol. The summed E-state index contributed by atoms with van der Waals surface area (Å²) >= 11 is 1.59. The SMILES string of the molecule is NC(=O)C1CCCN1Cc1csc(-c2ccc3c(c2)OCO3)n1. The lowest BCUT2D eigenvalue weighted by Crippen LogP contribution is -2.39. The van der Waals surface area contributed by atoms with E-state index in [-0.39, 0.29) is 18.7 Å². The third-order valence-corrected chi connectivity index (χ3v) is 5.17. The molecule has 4 rings (SSSR count). The van der Waals surface area contributed by atoms with E-state index in [1.807, 2.05) is 23.6 Å². The van der Waals surface area contributed by atoms with Gasteiger partial charge in [-0.2, -0.15) is 0 Å². The fourth-order valence-electron chi connectivity index (χ4n) is 3.09. The first-order chi connectivity index (χ1) is 11.2. The van der Waals surface area contributed by atoms with Crippen molar-refractivity contribution in [3.05, 3.63) is 29.3 Å². The number of hydrogen-bond acceptors (Lipinski definition) is 6. The highest BCUT2D eigenvalue weighted by Crippen LogP contribution is 2.36. The van der Waals surface area contributed by atoms with Crippen LogP contribution in [0.25, 0.3) is 10.6 Å². The predicted molar refractivity (Wildman–Crippen MR) is 86.3 cm³/mol. The van der Waals surface area contributed by atoms with Gasteiger partial charge in [-0.1, -0.05) is 0 Å². The van der Waals surface area contributed by atoms with Crippen LogP contribution in [0.4, 0.5) is 0 Å². The molecule has 23 heavy (non-hydrogen) atoms. The zero-order chi connectivity index (χ0) is 15.8. The van der Waals surface area contributed by atoms with E-state index in [0.717, 1.165) is 47.2 Å². The number of primary amides is 1. The Morgan fingerprint density at radius 3 is 3.13 bits per heavy atom. The van der Waals surface area contributed by atoms with E-state index in [2.05, 4.69) is 4.90 Å². The summed E-state index contributed by atoms with van der Waals surface area (Å²) in [6, 6.07) is 5.68. The van der Waals surface area contributed by atoms with E-state index in [9.17, 15) is 4.79 Å². The molecule has 1 aromatic carbocycles. The van der Waals surface area contributed by atoms with E-state index >= 15 is 0 Å². The van der Waals surface area contributed by atoms with Crippen molar-refractivity contribution in [2.24, 2.45) is 5.73 Å². The number of nitrogens with zero attached hydrogens (tertiary/aromatic N) is 2. The second-order valence-corrected chi connectivity index (χ2v) is 6.60. The Kier molecular flexibility index (Phi) is 3.66. The molecular weight excluding hydrogens is 314 g/mol. The molecule has 0 radical (unpaired) electrons. The zero-order valence-corrected chi connectivity index (χ0v) is 13.3. The minimum absolute atomic E-state index is 0.161. The maximum Gasteiger partial charge on any atom is 0.234 e. The molecule has 1 fully saturated rings. The number of rotatable bonds is 4. The van der Waals surface area contributed by atoms with Crippen LogP contribution in [0.3, 0.4) is 0 Å². The summed E-state index contributed by atoms with van der Waals surface area (Å²) in [5.41, 5.74) is 7.45. The van der Waals surface area contributed by atoms with Gasteiger partial charge in [-0.3, -0.25) is 9.69 Å². The summed E-state index contributed by atoms with van der Waals surface area (Å²) < 4.78 is 10.7. The third-order valence-electron chi connectivity index (χ3n) is 4.23. The Hall–Kier alpha value is -2.12. The molecule has 0 spiro atoms. The van der Waals surface area contributed by atoms with Crippen LogP contribution in [0.2, 0.25) is 0 Å². The highest BCUT2D eigenvalue weighted by Gasteiger charge is 2.29. The molecule has 3 heterocycles. The van der Waals surface area contributed by atoms with Crippen molar-refractivity contribution >= 4 is 17.2 Å². The quantitative estimate of drug-likeness (QED) is 0.927. The largest absolute Gasteiger partial charge is 0.454 e. The summed E-state index contributed by atoms with van der Waals surface area (Å²) in [6.45, 7) is 1.82. The molecule has 120 valence electrons. The Morgan fingerprint density at radius 1 is 1.39 bits per heavy atom. The van der Waals surface area contributed by atoms with Crippen LogP contribution in [-0.2, 0) is 11.3 Å². The number of amides is 1. The number of thiazole rings is 1. The van der Waals surface area contributed by atoms with Gasteiger partial charge in [0.05, 0.1) is 11.7 Å². The number of aromatic nitrogens is 1. The van der Waals surface area contributed by atoms with Crippen LogP contribution in [0.15, 0.2) is 23.6 Å². The van der Waals surface area contributed by atoms with E-state index < -0.39 is 0 Å². The van der Waals surface area contributed by atoms with E-state index in [4.69, 9.17) is 20.2 Å². The van der Waals surface area contributed by atoms with Gasteiger partial charge in [0.2, 0.25) is 12.7 Å². The molecule has 1 atom stereocenters.